The second-order valence-corrected chi connectivity index (χ2v) is 6.44. The summed E-state index contributed by atoms with van der Waals surface area (Å²) in [4.78, 5) is 37.7. The molecule has 0 spiro atoms. The number of hydrogen-bond acceptors (Lipinski definition) is 5. The molecule has 1 heterocycles. The predicted molar refractivity (Wildman–Crippen MR) is 113 cm³/mol. The first-order chi connectivity index (χ1) is 14.6. The molecule has 0 saturated carbocycles. The summed E-state index contributed by atoms with van der Waals surface area (Å²) in [6.45, 7) is -0.478. The molecule has 0 aliphatic rings. The van der Waals surface area contributed by atoms with Crippen LogP contribution in [0.4, 0.5) is 5.69 Å². The quantitative estimate of drug-likeness (QED) is 0.521. The molecular weight excluding hydrogens is 382 g/mol. The first kappa shape index (κ1) is 19.1. The van der Waals surface area contributed by atoms with Crippen molar-refractivity contribution in [2.75, 3.05) is 11.9 Å². The maximum Gasteiger partial charge on any atom is 0.359 e. The van der Waals surface area contributed by atoms with E-state index in [1.54, 1.807) is 72.8 Å². The molecule has 7 heteroatoms. The van der Waals surface area contributed by atoms with Gasteiger partial charge in [0.15, 0.2) is 12.3 Å². The molecule has 1 aromatic heterocycles. The number of nitrogens with one attached hydrogen (secondary N) is 1. The van der Waals surface area contributed by atoms with Gasteiger partial charge < -0.3 is 10.1 Å². The highest BCUT2D eigenvalue weighted by atomic mass is 16.5. The van der Waals surface area contributed by atoms with Crippen LogP contribution in [-0.4, -0.2) is 28.3 Å². The van der Waals surface area contributed by atoms with Crippen molar-refractivity contribution in [2.45, 2.75) is 0 Å². The molecule has 30 heavy (non-hydrogen) atoms. The van der Waals surface area contributed by atoms with E-state index in [1.807, 2.05) is 12.1 Å². The number of benzene rings is 3. The zero-order chi connectivity index (χ0) is 20.9. The van der Waals surface area contributed by atoms with E-state index >= 15 is 0 Å². The van der Waals surface area contributed by atoms with Crippen molar-refractivity contribution in [3.8, 4) is 5.69 Å². The smallest absolute Gasteiger partial charge is 0.359 e. The first-order valence-electron chi connectivity index (χ1n) is 9.23. The molecule has 0 aliphatic carbocycles. The Labute approximate surface area is 171 Å². The number of fused-ring (bicyclic) bond motifs is 1. The highest BCUT2D eigenvalue weighted by Crippen LogP contribution is 2.16. The molecule has 1 amide bonds. The molecule has 0 unspecified atom stereocenters. The molecular formula is C23H17N3O4. The lowest BCUT2D eigenvalue weighted by Gasteiger charge is -2.11. The fraction of sp³-hybridized carbons (Fsp3) is 0.0435. The summed E-state index contributed by atoms with van der Waals surface area (Å²) in [6.07, 6.45) is 0. The Morgan fingerprint density at radius 1 is 0.833 bits per heavy atom. The van der Waals surface area contributed by atoms with E-state index in [4.69, 9.17) is 4.74 Å². The van der Waals surface area contributed by atoms with Crippen LogP contribution in [0.1, 0.15) is 10.5 Å². The van der Waals surface area contributed by atoms with Gasteiger partial charge in [-0.25, -0.2) is 4.79 Å². The minimum absolute atomic E-state index is 0.0402. The van der Waals surface area contributed by atoms with Crippen LogP contribution in [0, 0.1) is 0 Å². The van der Waals surface area contributed by atoms with Crippen molar-refractivity contribution in [3.63, 3.8) is 0 Å². The Morgan fingerprint density at radius 3 is 2.13 bits per heavy atom. The van der Waals surface area contributed by atoms with Crippen LogP contribution < -0.4 is 10.9 Å². The number of aromatic nitrogens is 2. The minimum Gasteiger partial charge on any atom is -0.451 e. The van der Waals surface area contributed by atoms with Crippen molar-refractivity contribution in [1.29, 1.82) is 0 Å². The Balaban J connectivity index is 1.63. The van der Waals surface area contributed by atoms with E-state index < -0.39 is 18.5 Å². The number of carbonyl (C=O) groups excluding carboxylic acids is 2. The van der Waals surface area contributed by atoms with Crippen molar-refractivity contribution >= 4 is 28.3 Å². The van der Waals surface area contributed by atoms with Crippen LogP contribution in [-0.2, 0) is 9.53 Å². The molecule has 0 fully saturated rings. The van der Waals surface area contributed by atoms with Gasteiger partial charge in [0.25, 0.3) is 11.5 Å². The minimum atomic E-state index is -0.793. The lowest BCUT2D eigenvalue weighted by Crippen LogP contribution is -2.26. The Bertz CT molecular complexity index is 1270. The number of esters is 1. The van der Waals surface area contributed by atoms with Crippen LogP contribution in [0.5, 0.6) is 0 Å². The van der Waals surface area contributed by atoms with Gasteiger partial charge in [0.1, 0.15) is 0 Å². The van der Waals surface area contributed by atoms with Crippen molar-refractivity contribution in [3.05, 3.63) is 101 Å². The molecule has 4 aromatic rings. The van der Waals surface area contributed by atoms with E-state index in [1.165, 1.54) is 0 Å². The number of para-hydroxylation sites is 2. The summed E-state index contributed by atoms with van der Waals surface area (Å²) >= 11 is 0. The average Bonchev–Trinajstić information content (AvgIpc) is 2.79. The summed E-state index contributed by atoms with van der Waals surface area (Å²) in [5.74, 6) is -1.27. The fourth-order valence-electron chi connectivity index (χ4n) is 3.00. The second-order valence-electron chi connectivity index (χ2n) is 6.44. The van der Waals surface area contributed by atoms with Crippen LogP contribution in [0.2, 0.25) is 0 Å². The van der Waals surface area contributed by atoms with E-state index in [2.05, 4.69) is 10.4 Å². The molecule has 0 aliphatic heterocycles. The van der Waals surface area contributed by atoms with Gasteiger partial charge in [-0.05, 0) is 30.3 Å². The van der Waals surface area contributed by atoms with Crippen LogP contribution >= 0.6 is 0 Å². The predicted octanol–water partition coefficient (Wildman–Crippen LogP) is 3.18. The lowest BCUT2D eigenvalue weighted by molar-refractivity contribution is -0.119. The van der Waals surface area contributed by atoms with Gasteiger partial charge in [-0.1, -0.05) is 54.6 Å². The van der Waals surface area contributed by atoms with Crippen LogP contribution in [0.3, 0.4) is 0 Å². The molecule has 0 bridgehead atoms. The number of rotatable bonds is 5. The topological polar surface area (TPSA) is 90.3 Å². The second kappa shape index (κ2) is 8.40. The molecule has 148 valence electrons. The summed E-state index contributed by atoms with van der Waals surface area (Å²) in [6, 6.07) is 24.3. The molecule has 1 N–H and O–H groups in total. The third kappa shape index (κ3) is 3.95. The maximum atomic E-state index is 12.9. The lowest BCUT2D eigenvalue weighted by atomic mass is 10.1. The average molecular weight is 399 g/mol. The standard InChI is InChI=1S/C23H17N3O4/c27-20(24-16-9-3-1-4-10-16)15-30-23(29)21-18-13-7-8-14-19(18)22(28)26(25-21)17-11-5-2-6-12-17/h1-14H,15H2,(H,24,27). The van der Waals surface area contributed by atoms with E-state index in [-0.39, 0.29) is 11.3 Å². The Kier molecular flexibility index (Phi) is 5.34. The van der Waals surface area contributed by atoms with Gasteiger partial charge in [0.2, 0.25) is 0 Å². The molecule has 0 radical (unpaired) electrons. The molecule has 0 saturated heterocycles. The zero-order valence-electron chi connectivity index (χ0n) is 15.8. The van der Waals surface area contributed by atoms with Gasteiger partial charge in [-0.15, -0.1) is 0 Å². The number of anilines is 1. The molecule has 4 rings (SSSR count). The van der Waals surface area contributed by atoms with Gasteiger partial charge in [0, 0.05) is 11.1 Å². The fourth-order valence-corrected chi connectivity index (χ4v) is 3.00. The van der Waals surface area contributed by atoms with Gasteiger partial charge in [-0.2, -0.15) is 9.78 Å². The largest absolute Gasteiger partial charge is 0.451 e. The Morgan fingerprint density at radius 2 is 1.43 bits per heavy atom. The van der Waals surface area contributed by atoms with E-state index in [0.29, 0.717) is 22.1 Å². The SMILES string of the molecule is O=C(COC(=O)c1nn(-c2ccccc2)c(=O)c2ccccc12)Nc1ccccc1. The number of hydrogen-bond donors (Lipinski definition) is 1. The highest BCUT2D eigenvalue weighted by molar-refractivity contribution is 6.03. The summed E-state index contributed by atoms with van der Waals surface area (Å²) in [7, 11) is 0. The molecule has 3 aromatic carbocycles. The number of ether oxygens (including phenoxy) is 1. The molecule has 7 nitrogen and oxygen atoms in total. The van der Waals surface area contributed by atoms with Gasteiger partial charge in [-0.3, -0.25) is 9.59 Å². The van der Waals surface area contributed by atoms with E-state index in [9.17, 15) is 14.4 Å². The van der Waals surface area contributed by atoms with Gasteiger partial charge in [0.05, 0.1) is 11.1 Å². The number of carbonyl (C=O) groups is 2. The van der Waals surface area contributed by atoms with Crippen LogP contribution in [0.25, 0.3) is 16.5 Å². The normalized spacial score (nSPS) is 10.5. The monoisotopic (exact) mass is 399 g/mol. The summed E-state index contributed by atoms with van der Waals surface area (Å²) in [5, 5.41) is 7.57. The van der Waals surface area contributed by atoms with Crippen molar-refractivity contribution in [2.24, 2.45) is 0 Å². The Hall–Kier alpha value is -4.26. The highest BCUT2D eigenvalue weighted by Gasteiger charge is 2.19. The van der Waals surface area contributed by atoms with Crippen LogP contribution in [0.15, 0.2) is 89.7 Å². The van der Waals surface area contributed by atoms with Gasteiger partial charge >= 0.3 is 5.97 Å². The number of amides is 1. The summed E-state index contributed by atoms with van der Waals surface area (Å²) < 4.78 is 6.33. The zero-order valence-corrected chi connectivity index (χ0v) is 15.8. The maximum absolute atomic E-state index is 12.9. The molecule has 0 atom stereocenters. The first-order valence-corrected chi connectivity index (χ1v) is 9.23. The summed E-state index contributed by atoms with van der Waals surface area (Å²) in [5.41, 5.74) is 0.723. The van der Waals surface area contributed by atoms with Crippen molar-refractivity contribution in [1.82, 2.24) is 9.78 Å². The van der Waals surface area contributed by atoms with Crippen molar-refractivity contribution < 1.29 is 14.3 Å². The third-order valence-electron chi connectivity index (χ3n) is 4.39. The number of nitrogens with zero attached hydrogens (tertiary/aromatic N) is 2. The third-order valence-corrected chi connectivity index (χ3v) is 4.39. The van der Waals surface area contributed by atoms with E-state index in [0.717, 1.165) is 4.68 Å².